The molecule has 0 N–H and O–H groups in total. The molecule has 2 rings (SSSR count). The molecule has 4 unspecified atom stereocenters. The summed E-state index contributed by atoms with van der Waals surface area (Å²) in [5.74, 6) is 4.95. The molecule has 0 bridgehead atoms. The average molecular weight is 208 g/mol. The van der Waals surface area contributed by atoms with Gasteiger partial charge in [-0.3, -0.25) is 0 Å². The molecule has 0 aromatic carbocycles. The lowest BCUT2D eigenvalue weighted by molar-refractivity contribution is 0.0987. The Morgan fingerprint density at radius 2 is 1.73 bits per heavy atom. The Balaban J connectivity index is 1.78. The van der Waals surface area contributed by atoms with Crippen molar-refractivity contribution in [2.24, 2.45) is 35.0 Å². The van der Waals surface area contributed by atoms with Crippen molar-refractivity contribution in [1.82, 2.24) is 0 Å². The minimum absolute atomic E-state index is 0.830. The molecule has 0 radical (unpaired) electrons. The molecule has 2 aliphatic carbocycles. The van der Waals surface area contributed by atoms with E-state index in [0.29, 0.717) is 0 Å². The lowest BCUT2D eigenvalue weighted by atomic mass is 9.65. The van der Waals surface area contributed by atoms with Crippen LogP contribution in [-0.4, -0.2) is 0 Å². The maximum atomic E-state index is 2.47. The van der Waals surface area contributed by atoms with Gasteiger partial charge >= 0.3 is 0 Å². The second-order valence-electron chi connectivity index (χ2n) is 6.72. The van der Waals surface area contributed by atoms with Gasteiger partial charge in [-0.05, 0) is 54.3 Å². The fraction of sp³-hybridized carbons (Fsp3) is 1.00. The van der Waals surface area contributed by atoms with Crippen molar-refractivity contribution < 1.29 is 0 Å². The second-order valence-corrected chi connectivity index (χ2v) is 6.72. The summed E-state index contributed by atoms with van der Waals surface area (Å²) < 4.78 is 0. The summed E-state index contributed by atoms with van der Waals surface area (Å²) in [6.07, 6.45) is 6.03. The summed E-state index contributed by atoms with van der Waals surface area (Å²) in [5.41, 5.74) is 0.830. The molecular weight excluding hydrogens is 180 g/mol. The summed E-state index contributed by atoms with van der Waals surface area (Å²) >= 11 is 0. The third-order valence-electron chi connectivity index (χ3n) is 6.13. The first-order valence-electron chi connectivity index (χ1n) is 7.00. The smallest absolute Gasteiger partial charge is 0.0212 e. The van der Waals surface area contributed by atoms with Crippen LogP contribution in [0, 0.1) is 35.0 Å². The van der Waals surface area contributed by atoms with Gasteiger partial charge in [-0.25, -0.2) is 0 Å². The van der Waals surface area contributed by atoms with Gasteiger partial charge in [-0.2, -0.15) is 0 Å². The third kappa shape index (κ3) is 1.65. The standard InChI is InChI=1S/C15H28/c1-10(2)11(3)6-7-14-8-9-15(14)12(4)13(15)5/h10-14H,6-9H2,1-5H3. The molecular formula is C15H28. The van der Waals surface area contributed by atoms with Gasteiger partial charge in [0.15, 0.2) is 0 Å². The first kappa shape index (κ1) is 11.5. The average Bonchev–Trinajstić information content (AvgIpc) is 2.70. The molecule has 1 spiro atoms. The first-order chi connectivity index (χ1) is 7.00. The van der Waals surface area contributed by atoms with Crippen molar-refractivity contribution in [3.05, 3.63) is 0 Å². The minimum atomic E-state index is 0.830. The van der Waals surface area contributed by atoms with Crippen molar-refractivity contribution >= 4 is 0 Å². The summed E-state index contributed by atoms with van der Waals surface area (Å²) in [6.45, 7) is 12.1. The van der Waals surface area contributed by atoms with Crippen LogP contribution in [0.2, 0.25) is 0 Å². The Morgan fingerprint density at radius 1 is 1.13 bits per heavy atom. The van der Waals surface area contributed by atoms with E-state index in [1.54, 1.807) is 0 Å². The molecule has 0 aromatic heterocycles. The lowest BCUT2D eigenvalue weighted by Gasteiger charge is -2.40. The van der Waals surface area contributed by atoms with Gasteiger partial charge in [0.2, 0.25) is 0 Å². The Kier molecular flexibility index (Phi) is 2.90. The van der Waals surface area contributed by atoms with Crippen molar-refractivity contribution in [2.45, 2.75) is 60.3 Å². The monoisotopic (exact) mass is 208 g/mol. The molecule has 4 atom stereocenters. The Hall–Kier alpha value is 0. The highest BCUT2D eigenvalue weighted by atomic mass is 14.7. The largest absolute Gasteiger partial charge is 0.0625 e. The number of hydrogen-bond acceptors (Lipinski definition) is 0. The zero-order chi connectivity index (χ0) is 11.2. The van der Waals surface area contributed by atoms with Crippen LogP contribution < -0.4 is 0 Å². The minimum Gasteiger partial charge on any atom is -0.0625 e. The molecule has 2 fully saturated rings. The van der Waals surface area contributed by atoms with Crippen LogP contribution in [-0.2, 0) is 0 Å². The molecule has 0 nitrogen and oxygen atoms in total. The van der Waals surface area contributed by atoms with E-state index in [1.807, 2.05) is 0 Å². The summed E-state index contributed by atoms with van der Waals surface area (Å²) in [7, 11) is 0. The van der Waals surface area contributed by atoms with Crippen molar-refractivity contribution in [2.75, 3.05) is 0 Å². The third-order valence-corrected chi connectivity index (χ3v) is 6.13. The molecule has 0 aliphatic heterocycles. The normalized spacial score (nSPS) is 45.6. The van der Waals surface area contributed by atoms with Gasteiger partial charge in [0.25, 0.3) is 0 Å². The highest BCUT2D eigenvalue weighted by Gasteiger charge is 2.66. The van der Waals surface area contributed by atoms with Crippen LogP contribution >= 0.6 is 0 Å². The molecule has 2 aliphatic rings. The topological polar surface area (TPSA) is 0 Å². The number of hydrogen-bond donors (Lipinski definition) is 0. The van der Waals surface area contributed by atoms with E-state index in [9.17, 15) is 0 Å². The summed E-state index contributed by atoms with van der Waals surface area (Å²) in [5, 5.41) is 0. The van der Waals surface area contributed by atoms with Gasteiger partial charge in [-0.1, -0.05) is 41.0 Å². The SMILES string of the molecule is CC(C)C(C)CCC1CCC12C(C)C2C. The van der Waals surface area contributed by atoms with E-state index in [2.05, 4.69) is 34.6 Å². The highest BCUT2D eigenvalue weighted by molar-refractivity contribution is 5.14. The maximum Gasteiger partial charge on any atom is -0.0212 e. The van der Waals surface area contributed by atoms with Gasteiger partial charge in [0, 0.05) is 0 Å². The van der Waals surface area contributed by atoms with E-state index < -0.39 is 0 Å². The van der Waals surface area contributed by atoms with E-state index >= 15 is 0 Å². The zero-order valence-electron chi connectivity index (χ0n) is 11.2. The first-order valence-corrected chi connectivity index (χ1v) is 7.00. The van der Waals surface area contributed by atoms with Crippen LogP contribution in [0.3, 0.4) is 0 Å². The highest BCUT2D eigenvalue weighted by Crippen LogP contribution is 2.73. The second kappa shape index (κ2) is 3.79. The fourth-order valence-corrected chi connectivity index (χ4v) is 3.99. The van der Waals surface area contributed by atoms with Crippen LogP contribution in [0.15, 0.2) is 0 Å². The molecule has 0 aromatic rings. The van der Waals surface area contributed by atoms with Gasteiger partial charge in [0.05, 0.1) is 0 Å². The van der Waals surface area contributed by atoms with Crippen LogP contribution in [0.4, 0.5) is 0 Å². The van der Waals surface area contributed by atoms with Crippen molar-refractivity contribution in [3.8, 4) is 0 Å². The molecule has 2 saturated carbocycles. The maximum absolute atomic E-state index is 2.47. The zero-order valence-corrected chi connectivity index (χ0v) is 11.2. The molecule has 0 heteroatoms. The van der Waals surface area contributed by atoms with Gasteiger partial charge < -0.3 is 0 Å². The van der Waals surface area contributed by atoms with E-state index in [0.717, 1.165) is 35.0 Å². The van der Waals surface area contributed by atoms with E-state index in [1.165, 1.54) is 25.7 Å². The van der Waals surface area contributed by atoms with Crippen LogP contribution in [0.1, 0.15) is 60.3 Å². The van der Waals surface area contributed by atoms with Crippen LogP contribution in [0.25, 0.3) is 0 Å². The number of rotatable bonds is 4. The summed E-state index contributed by atoms with van der Waals surface area (Å²) in [6, 6.07) is 0. The lowest BCUT2D eigenvalue weighted by Crippen LogP contribution is -2.31. The Bertz CT molecular complexity index is 220. The quantitative estimate of drug-likeness (QED) is 0.626. The van der Waals surface area contributed by atoms with Crippen LogP contribution in [0.5, 0.6) is 0 Å². The predicted octanol–water partition coefficient (Wildman–Crippen LogP) is 4.74. The molecule has 88 valence electrons. The molecule has 0 heterocycles. The molecule has 0 saturated heterocycles. The van der Waals surface area contributed by atoms with Crippen molar-refractivity contribution in [3.63, 3.8) is 0 Å². The van der Waals surface area contributed by atoms with E-state index in [4.69, 9.17) is 0 Å². The Labute approximate surface area is 95.8 Å². The predicted molar refractivity (Wildman–Crippen MR) is 66.7 cm³/mol. The van der Waals surface area contributed by atoms with Gasteiger partial charge in [0.1, 0.15) is 0 Å². The van der Waals surface area contributed by atoms with Gasteiger partial charge in [-0.15, -0.1) is 0 Å². The Morgan fingerprint density at radius 3 is 2.07 bits per heavy atom. The molecule has 15 heavy (non-hydrogen) atoms. The van der Waals surface area contributed by atoms with Crippen molar-refractivity contribution in [1.29, 1.82) is 0 Å². The van der Waals surface area contributed by atoms with E-state index in [-0.39, 0.29) is 0 Å². The fourth-order valence-electron chi connectivity index (χ4n) is 3.99. The summed E-state index contributed by atoms with van der Waals surface area (Å²) in [4.78, 5) is 0. The molecule has 0 amide bonds.